The summed E-state index contributed by atoms with van der Waals surface area (Å²) in [6.45, 7) is 1.09. The van der Waals surface area contributed by atoms with Gasteiger partial charge in [0.05, 0.1) is 12.9 Å². The first-order valence-electron chi connectivity index (χ1n) is 8.63. The number of rotatable bonds is 9. The van der Waals surface area contributed by atoms with Gasteiger partial charge in [-0.3, -0.25) is 4.79 Å². The molecule has 0 fully saturated rings. The van der Waals surface area contributed by atoms with Crippen LogP contribution in [0.2, 0.25) is 0 Å². The number of hydrogen-bond acceptors (Lipinski definition) is 4. The average molecular weight is 369 g/mol. The van der Waals surface area contributed by atoms with Gasteiger partial charge in [-0.05, 0) is 48.9 Å². The molecule has 140 valence electrons. The molecule has 3 rings (SSSR count). The molecule has 2 aromatic carbocycles. The molecule has 27 heavy (non-hydrogen) atoms. The van der Waals surface area contributed by atoms with Gasteiger partial charge in [0, 0.05) is 12.1 Å². The van der Waals surface area contributed by atoms with Gasteiger partial charge in [-0.15, -0.1) is 0 Å². The number of amides is 1. The highest BCUT2D eigenvalue weighted by atomic mass is 19.1. The number of carbonyl (C=O) groups is 1. The van der Waals surface area contributed by atoms with Gasteiger partial charge in [-0.25, -0.2) is 4.39 Å². The standard InChI is InChI=1S/C21H20FNO4/c22-17-7-9-19(10-8-17)25-13-4-12-23-21(24)20-16(11-14-26-20)15-27-18-5-2-1-3-6-18/h1-3,5-11,14H,4,12-13,15H2,(H,23,24). The van der Waals surface area contributed by atoms with E-state index in [0.29, 0.717) is 30.9 Å². The van der Waals surface area contributed by atoms with Gasteiger partial charge in [-0.2, -0.15) is 0 Å². The maximum Gasteiger partial charge on any atom is 0.287 e. The smallest absolute Gasteiger partial charge is 0.287 e. The van der Waals surface area contributed by atoms with Crippen molar-refractivity contribution in [1.29, 1.82) is 0 Å². The minimum atomic E-state index is -0.305. The highest BCUT2D eigenvalue weighted by Crippen LogP contribution is 2.16. The lowest BCUT2D eigenvalue weighted by Crippen LogP contribution is -2.26. The quantitative estimate of drug-likeness (QED) is 0.575. The fraction of sp³-hybridized carbons (Fsp3) is 0.190. The molecule has 1 amide bonds. The van der Waals surface area contributed by atoms with E-state index in [1.54, 1.807) is 18.2 Å². The average Bonchev–Trinajstić information content (AvgIpc) is 3.17. The number of benzene rings is 2. The molecule has 0 aliphatic rings. The van der Waals surface area contributed by atoms with E-state index in [0.717, 1.165) is 5.75 Å². The normalized spacial score (nSPS) is 10.4. The predicted molar refractivity (Wildman–Crippen MR) is 98.3 cm³/mol. The number of para-hydroxylation sites is 1. The van der Waals surface area contributed by atoms with Crippen LogP contribution in [0.4, 0.5) is 4.39 Å². The van der Waals surface area contributed by atoms with Crippen LogP contribution in [0.15, 0.2) is 71.3 Å². The molecule has 0 spiro atoms. The monoisotopic (exact) mass is 369 g/mol. The van der Waals surface area contributed by atoms with Crippen LogP contribution < -0.4 is 14.8 Å². The van der Waals surface area contributed by atoms with E-state index in [4.69, 9.17) is 13.9 Å². The lowest BCUT2D eigenvalue weighted by atomic mass is 10.2. The van der Waals surface area contributed by atoms with Crippen molar-refractivity contribution in [3.8, 4) is 11.5 Å². The summed E-state index contributed by atoms with van der Waals surface area (Å²) in [5, 5.41) is 2.79. The van der Waals surface area contributed by atoms with E-state index < -0.39 is 0 Å². The summed E-state index contributed by atoms with van der Waals surface area (Å²) in [6, 6.07) is 16.9. The van der Waals surface area contributed by atoms with Gasteiger partial charge in [0.2, 0.25) is 0 Å². The summed E-state index contributed by atoms with van der Waals surface area (Å²) in [4.78, 5) is 12.3. The van der Waals surface area contributed by atoms with Crippen LogP contribution in [-0.4, -0.2) is 19.1 Å². The molecule has 0 aliphatic carbocycles. The molecule has 6 heteroatoms. The van der Waals surface area contributed by atoms with Crippen molar-refractivity contribution in [2.24, 2.45) is 0 Å². The first-order valence-corrected chi connectivity index (χ1v) is 8.63. The van der Waals surface area contributed by atoms with Crippen molar-refractivity contribution >= 4 is 5.91 Å². The van der Waals surface area contributed by atoms with Crippen molar-refractivity contribution in [3.05, 3.63) is 84.1 Å². The maximum atomic E-state index is 12.8. The van der Waals surface area contributed by atoms with Crippen LogP contribution in [0.25, 0.3) is 0 Å². The molecule has 0 aliphatic heterocycles. The lowest BCUT2D eigenvalue weighted by Gasteiger charge is -2.08. The minimum absolute atomic E-state index is 0.241. The molecular weight excluding hydrogens is 349 g/mol. The molecule has 0 unspecified atom stereocenters. The molecule has 0 radical (unpaired) electrons. The molecule has 3 aromatic rings. The maximum absolute atomic E-state index is 12.8. The Balaban J connectivity index is 1.40. The second-order valence-electron chi connectivity index (χ2n) is 5.79. The van der Waals surface area contributed by atoms with Crippen LogP contribution >= 0.6 is 0 Å². The van der Waals surface area contributed by atoms with Crippen molar-refractivity contribution in [3.63, 3.8) is 0 Å². The van der Waals surface area contributed by atoms with E-state index in [1.807, 2.05) is 30.3 Å². The number of hydrogen-bond donors (Lipinski definition) is 1. The summed E-state index contributed by atoms with van der Waals surface area (Å²) >= 11 is 0. The fourth-order valence-corrected chi connectivity index (χ4v) is 2.40. The zero-order chi connectivity index (χ0) is 18.9. The second kappa shape index (κ2) is 9.43. The van der Waals surface area contributed by atoms with Gasteiger partial charge in [-0.1, -0.05) is 18.2 Å². The SMILES string of the molecule is O=C(NCCCOc1ccc(F)cc1)c1occc1COc1ccccc1. The fourth-order valence-electron chi connectivity index (χ4n) is 2.40. The third-order valence-corrected chi connectivity index (χ3v) is 3.78. The van der Waals surface area contributed by atoms with E-state index in [-0.39, 0.29) is 24.1 Å². The molecule has 0 saturated heterocycles. The summed E-state index contributed by atoms with van der Waals surface area (Å²) < 4.78 is 29.2. The van der Waals surface area contributed by atoms with Crippen molar-refractivity contribution in [2.45, 2.75) is 13.0 Å². The summed E-state index contributed by atoms with van der Waals surface area (Å²) in [6.07, 6.45) is 2.08. The van der Waals surface area contributed by atoms with Crippen LogP contribution in [0.5, 0.6) is 11.5 Å². The zero-order valence-electron chi connectivity index (χ0n) is 14.7. The van der Waals surface area contributed by atoms with Crippen LogP contribution in [-0.2, 0) is 6.61 Å². The molecule has 1 N–H and O–H groups in total. The largest absolute Gasteiger partial charge is 0.494 e. The molecule has 0 saturated carbocycles. The Bertz CT molecular complexity index is 846. The Labute approximate surface area is 156 Å². The Morgan fingerprint density at radius 1 is 0.963 bits per heavy atom. The van der Waals surface area contributed by atoms with E-state index in [1.165, 1.54) is 18.4 Å². The first kappa shape index (κ1) is 18.5. The minimum Gasteiger partial charge on any atom is -0.494 e. The topological polar surface area (TPSA) is 60.7 Å². The Kier molecular flexibility index (Phi) is 6.46. The second-order valence-corrected chi connectivity index (χ2v) is 5.79. The molecule has 0 bridgehead atoms. The molecule has 1 heterocycles. The van der Waals surface area contributed by atoms with Crippen LogP contribution in [0.1, 0.15) is 22.5 Å². The predicted octanol–water partition coefficient (Wildman–Crippen LogP) is 4.20. The molecule has 1 aromatic heterocycles. The van der Waals surface area contributed by atoms with Gasteiger partial charge < -0.3 is 19.2 Å². The van der Waals surface area contributed by atoms with Gasteiger partial charge in [0.15, 0.2) is 5.76 Å². The Morgan fingerprint density at radius 3 is 2.48 bits per heavy atom. The Morgan fingerprint density at radius 2 is 1.70 bits per heavy atom. The van der Waals surface area contributed by atoms with E-state index >= 15 is 0 Å². The van der Waals surface area contributed by atoms with Crippen LogP contribution in [0.3, 0.4) is 0 Å². The van der Waals surface area contributed by atoms with E-state index in [9.17, 15) is 9.18 Å². The highest BCUT2D eigenvalue weighted by molar-refractivity contribution is 5.92. The number of nitrogens with one attached hydrogen (secondary N) is 1. The summed E-state index contributed by atoms with van der Waals surface area (Å²) in [7, 11) is 0. The number of furan rings is 1. The van der Waals surface area contributed by atoms with Crippen molar-refractivity contribution in [2.75, 3.05) is 13.2 Å². The number of halogens is 1. The summed E-state index contributed by atoms with van der Waals surface area (Å²) in [5.41, 5.74) is 0.680. The van der Waals surface area contributed by atoms with Gasteiger partial charge >= 0.3 is 0 Å². The molecule has 0 atom stereocenters. The summed E-state index contributed by atoms with van der Waals surface area (Å²) in [5.74, 6) is 0.955. The van der Waals surface area contributed by atoms with Crippen molar-refractivity contribution < 1.29 is 23.1 Å². The van der Waals surface area contributed by atoms with Gasteiger partial charge in [0.1, 0.15) is 23.9 Å². The number of ether oxygens (including phenoxy) is 2. The lowest BCUT2D eigenvalue weighted by molar-refractivity contribution is 0.0920. The first-order chi connectivity index (χ1) is 13.2. The third-order valence-electron chi connectivity index (χ3n) is 3.78. The highest BCUT2D eigenvalue weighted by Gasteiger charge is 2.15. The van der Waals surface area contributed by atoms with Gasteiger partial charge in [0.25, 0.3) is 5.91 Å². The third kappa shape index (κ3) is 5.60. The molecular formula is C21H20FNO4. The zero-order valence-corrected chi connectivity index (χ0v) is 14.7. The molecule has 5 nitrogen and oxygen atoms in total. The van der Waals surface area contributed by atoms with E-state index in [2.05, 4.69) is 5.32 Å². The Hall–Kier alpha value is -3.28. The van der Waals surface area contributed by atoms with Crippen molar-refractivity contribution in [1.82, 2.24) is 5.32 Å². The number of carbonyl (C=O) groups excluding carboxylic acids is 1. The van der Waals surface area contributed by atoms with Crippen LogP contribution in [0, 0.1) is 5.82 Å².